The van der Waals surface area contributed by atoms with Crippen molar-refractivity contribution in [3.05, 3.63) is 64.2 Å². The quantitative estimate of drug-likeness (QED) is 0.111. The number of alkyl halides is 3. The molecule has 1 fully saturated rings. The first-order valence-corrected chi connectivity index (χ1v) is 12.6. The highest BCUT2D eigenvalue weighted by Gasteiger charge is 2.39. The monoisotopic (exact) mass is 560 g/mol. The average Bonchev–Trinajstić information content (AvgIpc) is 3.13. The third-order valence-corrected chi connectivity index (χ3v) is 6.24. The molecule has 13 heteroatoms. The van der Waals surface area contributed by atoms with Gasteiger partial charge in [0.1, 0.15) is 25.1 Å². The Hall–Kier alpha value is -3.16. The second-order valence-corrected chi connectivity index (χ2v) is 9.49. The molecule has 2 rings (SSSR count). The van der Waals surface area contributed by atoms with Gasteiger partial charge in [-0.2, -0.15) is 13.2 Å². The number of hydrogen-bond donors (Lipinski definition) is 4. The fraction of sp³-hybridized carbons (Fsp3) is 0.577. The van der Waals surface area contributed by atoms with Crippen LogP contribution >= 0.6 is 0 Å². The van der Waals surface area contributed by atoms with Crippen LogP contribution in [0, 0.1) is 22.0 Å². The van der Waals surface area contributed by atoms with E-state index in [0.29, 0.717) is 19.3 Å². The molecular formula is C26H35F3N2O8. The van der Waals surface area contributed by atoms with Crippen molar-refractivity contribution in [2.75, 3.05) is 13.2 Å². The van der Waals surface area contributed by atoms with Crippen molar-refractivity contribution in [3.63, 3.8) is 0 Å². The van der Waals surface area contributed by atoms with Crippen LogP contribution in [0.4, 0.5) is 13.2 Å². The van der Waals surface area contributed by atoms with Crippen LogP contribution in [0.1, 0.15) is 44.6 Å². The topological polar surface area (TPSA) is 151 Å². The number of ether oxygens (including phenoxy) is 1. The van der Waals surface area contributed by atoms with Gasteiger partial charge < -0.3 is 30.2 Å². The number of allylic oxidation sites excluding steroid dienone is 2. The zero-order valence-corrected chi connectivity index (χ0v) is 21.5. The molecule has 0 aliphatic heterocycles. The second-order valence-electron chi connectivity index (χ2n) is 9.49. The number of rotatable bonds is 15. The van der Waals surface area contributed by atoms with Crippen LogP contribution in [0.15, 0.2) is 48.6 Å². The van der Waals surface area contributed by atoms with Crippen molar-refractivity contribution in [2.24, 2.45) is 11.8 Å². The lowest BCUT2D eigenvalue weighted by Gasteiger charge is -2.19. The lowest BCUT2D eigenvalue weighted by Crippen LogP contribution is -2.36. The van der Waals surface area contributed by atoms with E-state index >= 15 is 0 Å². The summed E-state index contributed by atoms with van der Waals surface area (Å²) in [4.78, 5) is 26.3. The first-order chi connectivity index (χ1) is 18.4. The predicted octanol–water partition coefficient (Wildman–Crippen LogP) is 3.19. The number of halogens is 3. The van der Waals surface area contributed by atoms with Crippen LogP contribution in [0.25, 0.3) is 0 Å². The Balaban J connectivity index is 1.77. The summed E-state index contributed by atoms with van der Waals surface area (Å²) in [7, 11) is 0. The van der Waals surface area contributed by atoms with E-state index in [4.69, 9.17) is 4.74 Å². The summed E-state index contributed by atoms with van der Waals surface area (Å²) >= 11 is 0. The molecule has 0 heterocycles. The SMILES string of the molecule is CC(CO[N+](=O)[O-])NC(=O)CCC/C=C\C[C@@H]1[C@@H](/C=C/[C@@H](O)COc2cccc(C(F)(F)F)c2)[C@H](O)C[C@@H]1O. The van der Waals surface area contributed by atoms with E-state index in [1.807, 2.05) is 12.2 Å². The summed E-state index contributed by atoms with van der Waals surface area (Å²) < 4.78 is 43.8. The number of amides is 1. The maximum absolute atomic E-state index is 12.8. The molecule has 6 atom stereocenters. The molecule has 10 nitrogen and oxygen atoms in total. The van der Waals surface area contributed by atoms with Crippen molar-refractivity contribution < 1.29 is 47.9 Å². The van der Waals surface area contributed by atoms with Crippen molar-refractivity contribution >= 4 is 5.91 Å². The Labute approximate surface area is 224 Å². The van der Waals surface area contributed by atoms with Gasteiger partial charge in [-0.25, -0.2) is 0 Å². The van der Waals surface area contributed by atoms with E-state index in [1.165, 1.54) is 18.2 Å². The van der Waals surface area contributed by atoms with E-state index in [0.717, 1.165) is 12.1 Å². The first kappa shape index (κ1) is 32.1. The fourth-order valence-corrected chi connectivity index (χ4v) is 4.28. The fourth-order valence-electron chi connectivity index (χ4n) is 4.28. The zero-order chi connectivity index (χ0) is 29.0. The molecule has 0 spiro atoms. The minimum absolute atomic E-state index is 0.0348. The first-order valence-electron chi connectivity index (χ1n) is 12.6. The standard InChI is InChI=1S/C26H35F3N2O8/c1-17(15-39-31(36)37)30-25(35)10-5-3-2-4-9-21-22(24(34)14-23(21)33)12-11-19(32)16-38-20-8-6-7-18(13-20)26(27,28)29/h2,4,6-8,11-13,17,19,21-24,32-34H,3,5,9-10,14-16H2,1H3,(H,30,35)/b4-2-,12-11+/t17?,19-,21-,22-,23+,24-/m1/s1. The van der Waals surface area contributed by atoms with E-state index in [2.05, 4.69) is 10.2 Å². The van der Waals surface area contributed by atoms with Gasteiger partial charge in [0.15, 0.2) is 0 Å². The highest BCUT2D eigenvalue weighted by molar-refractivity contribution is 5.76. The number of nitrogens with zero attached hydrogens (tertiary/aromatic N) is 1. The summed E-state index contributed by atoms with van der Waals surface area (Å²) in [6, 6.07) is 3.83. The molecule has 1 aromatic carbocycles. The Morgan fingerprint density at radius 2 is 2.00 bits per heavy atom. The van der Waals surface area contributed by atoms with Gasteiger partial charge in [0.25, 0.3) is 5.09 Å². The van der Waals surface area contributed by atoms with Crippen molar-refractivity contribution in [1.82, 2.24) is 5.32 Å². The van der Waals surface area contributed by atoms with Crippen LogP contribution in [0.2, 0.25) is 0 Å². The van der Waals surface area contributed by atoms with Crippen molar-refractivity contribution in [3.8, 4) is 5.75 Å². The largest absolute Gasteiger partial charge is 0.491 e. The van der Waals surface area contributed by atoms with E-state index in [-0.39, 0.29) is 43.6 Å². The number of benzene rings is 1. The van der Waals surface area contributed by atoms with Crippen LogP contribution in [-0.4, -0.2) is 63.9 Å². The van der Waals surface area contributed by atoms with Gasteiger partial charge in [0, 0.05) is 24.8 Å². The summed E-state index contributed by atoms with van der Waals surface area (Å²) in [5.74, 6) is -1.04. The molecule has 1 saturated carbocycles. The normalized spacial score (nSPS) is 23.2. The minimum atomic E-state index is -4.51. The molecule has 0 bridgehead atoms. The Morgan fingerprint density at radius 3 is 2.69 bits per heavy atom. The molecule has 1 aromatic rings. The second kappa shape index (κ2) is 15.4. The molecular weight excluding hydrogens is 525 g/mol. The summed E-state index contributed by atoms with van der Waals surface area (Å²) in [5.41, 5.74) is -0.859. The summed E-state index contributed by atoms with van der Waals surface area (Å²) in [5, 5.41) is 42.8. The van der Waals surface area contributed by atoms with Gasteiger partial charge in [0.05, 0.1) is 17.8 Å². The lowest BCUT2D eigenvalue weighted by molar-refractivity contribution is -0.758. The average molecular weight is 561 g/mol. The van der Waals surface area contributed by atoms with E-state index in [1.54, 1.807) is 13.0 Å². The van der Waals surface area contributed by atoms with Gasteiger partial charge in [-0.3, -0.25) is 4.79 Å². The lowest BCUT2D eigenvalue weighted by atomic mass is 9.89. The van der Waals surface area contributed by atoms with Gasteiger partial charge in [-0.05, 0) is 50.3 Å². The number of aliphatic hydroxyl groups is 3. The number of carbonyl (C=O) groups excluding carboxylic acids is 1. The van der Waals surface area contributed by atoms with E-state index in [9.17, 15) is 43.4 Å². The highest BCUT2D eigenvalue weighted by Crippen LogP contribution is 2.36. The van der Waals surface area contributed by atoms with Crippen molar-refractivity contribution in [2.45, 2.75) is 69.6 Å². The van der Waals surface area contributed by atoms with Gasteiger partial charge >= 0.3 is 6.18 Å². The van der Waals surface area contributed by atoms with E-state index < -0.39 is 47.1 Å². The molecule has 1 unspecified atom stereocenters. The van der Waals surface area contributed by atoms with Crippen LogP contribution < -0.4 is 10.1 Å². The van der Waals surface area contributed by atoms with Gasteiger partial charge in [0.2, 0.25) is 5.91 Å². The molecule has 0 saturated heterocycles. The number of hydrogen-bond acceptors (Lipinski definition) is 8. The molecule has 1 amide bonds. The molecule has 1 aliphatic rings. The number of nitrogens with one attached hydrogen (secondary N) is 1. The Bertz CT molecular complexity index is 988. The Kier molecular flexibility index (Phi) is 12.7. The van der Waals surface area contributed by atoms with Crippen LogP contribution in [0.3, 0.4) is 0 Å². The highest BCUT2D eigenvalue weighted by atomic mass is 19.4. The van der Waals surface area contributed by atoms with Crippen LogP contribution in [-0.2, 0) is 15.8 Å². The van der Waals surface area contributed by atoms with Crippen LogP contribution in [0.5, 0.6) is 5.75 Å². The van der Waals surface area contributed by atoms with Crippen molar-refractivity contribution in [1.29, 1.82) is 0 Å². The molecule has 0 radical (unpaired) electrons. The third-order valence-electron chi connectivity index (χ3n) is 6.24. The maximum atomic E-state index is 12.8. The number of aliphatic hydroxyl groups excluding tert-OH is 3. The van der Waals surface area contributed by atoms with Gasteiger partial charge in [-0.1, -0.05) is 30.4 Å². The Morgan fingerprint density at radius 1 is 1.26 bits per heavy atom. The van der Waals surface area contributed by atoms with Gasteiger partial charge in [-0.15, -0.1) is 10.1 Å². The molecule has 0 aromatic heterocycles. The zero-order valence-electron chi connectivity index (χ0n) is 21.5. The molecule has 39 heavy (non-hydrogen) atoms. The maximum Gasteiger partial charge on any atom is 0.416 e. The number of carbonyl (C=O) groups is 1. The molecule has 218 valence electrons. The predicted molar refractivity (Wildman–Crippen MR) is 134 cm³/mol. The minimum Gasteiger partial charge on any atom is -0.491 e. The molecule has 4 N–H and O–H groups in total. The number of unbranched alkanes of at least 4 members (excludes halogenated alkanes) is 1. The smallest absolute Gasteiger partial charge is 0.416 e. The molecule has 1 aliphatic carbocycles. The summed E-state index contributed by atoms with van der Waals surface area (Å²) in [6.45, 7) is 1.07. The third kappa shape index (κ3) is 11.6. The summed E-state index contributed by atoms with van der Waals surface area (Å²) in [6.07, 6.45) is 1.45.